The average Bonchev–Trinajstić information content (AvgIpc) is 3.10. The molecule has 4 rings (SSSR count). The first-order valence-electron chi connectivity index (χ1n) is 9.53. The maximum atomic E-state index is 12.7. The molecule has 8 heteroatoms. The number of amides is 1. The summed E-state index contributed by atoms with van der Waals surface area (Å²) in [5, 5.41) is 11.2. The number of aliphatic hydroxyl groups is 1. The lowest BCUT2D eigenvalue weighted by Crippen LogP contribution is -2.54. The maximum absolute atomic E-state index is 12.7. The number of aliphatic hydroxyl groups excluding tert-OH is 1. The van der Waals surface area contributed by atoms with E-state index in [9.17, 15) is 9.90 Å². The van der Waals surface area contributed by atoms with E-state index in [4.69, 9.17) is 11.6 Å². The smallest absolute Gasteiger partial charge is 0.253 e. The number of hydrogen-bond acceptors (Lipinski definition) is 6. The highest BCUT2D eigenvalue weighted by molar-refractivity contribution is 6.30. The summed E-state index contributed by atoms with van der Waals surface area (Å²) in [5.41, 5.74) is 1.57. The summed E-state index contributed by atoms with van der Waals surface area (Å²) < 4.78 is 0. The minimum atomic E-state index is -0.456. The van der Waals surface area contributed by atoms with Gasteiger partial charge in [0.15, 0.2) is 0 Å². The molecule has 1 amide bonds. The van der Waals surface area contributed by atoms with Crippen LogP contribution in [0.4, 0.5) is 5.95 Å². The Morgan fingerprint density at radius 3 is 2.50 bits per heavy atom. The van der Waals surface area contributed by atoms with Gasteiger partial charge in [-0.3, -0.25) is 9.69 Å². The first-order chi connectivity index (χ1) is 13.5. The molecule has 7 nitrogen and oxygen atoms in total. The van der Waals surface area contributed by atoms with Crippen LogP contribution in [0.15, 0.2) is 36.5 Å². The zero-order chi connectivity index (χ0) is 19.7. The quantitative estimate of drug-likeness (QED) is 0.839. The van der Waals surface area contributed by atoms with Gasteiger partial charge in [0.25, 0.3) is 5.91 Å². The van der Waals surface area contributed by atoms with Crippen molar-refractivity contribution in [3.05, 3.63) is 52.8 Å². The Balaban J connectivity index is 1.36. The zero-order valence-electron chi connectivity index (χ0n) is 15.8. The van der Waals surface area contributed by atoms with Gasteiger partial charge >= 0.3 is 0 Å². The highest BCUT2D eigenvalue weighted by Gasteiger charge is 2.38. The van der Waals surface area contributed by atoms with Crippen molar-refractivity contribution in [2.75, 3.05) is 44.2 Å². The standard InChI is InChI=1S/C20H24ClN5O2/c1-14-6-7-22-20(23-14)26-12-17(18(27)13-26)24-8-10-25(11-9-24)19(28)15-2-4-16(21)5-3-15/h2-7,17-18,27H,8-13H2,1H3/t17-,18-/m1/s1. The van der Waals surface area contributed by atoms with Gasteiger partial charge in [0.05, 0.1) is 12.1 Å². The summed E-state index contributed by atoms with van der Waals surface area (Å²) in [6.07, 6.45) is 1.29. The zero-order valence-corrected chi connectivity index (χ0v) is 16.6. The third-order valence-corrected chi connectivity index (χ3v) is 5.74. The van der Waals surface area contributed by atoms with Crippen molar-refractivity contribution in [2.24, 2.45) is 0 Å². The van der Waals surface area contributed by atoms with Crippen LogP contribution in [0.3, 0.4) is 0 Å². The van der Waals surface area contributed by atoms with E-state index in [1.54, 1.807) is 30.5 Å². The molecule has 1 aromatic carbocycles. The summed E-state index contributed by atoms with van der Waals surface area (Å²) in [6.45, 7) is 5.92. The van der Waals surface area contributed by atoms with Crippen LogP contribution in [0, 0.1) is 6.92 Å². The summed E-state index contributed by atoms with van der Waals surface area (Å²) in [6, 6.07) is 8.89. The van der Waals surface area contributed by atoms with E-state index < -0.39 is 6.10 Å². The van der Waals surface area contributed by atoms with Crippen LogP contribution >= 0.6 is 11.6 Å². The molecule has 0 radical (unpaired) electrons. The second kappa shape index (κ2) is 8.03. The molecular weight excluding hydrogens is 378 g/mol. The molecule has 3 heterocycles. The Hall–Kier alpha value is -2.22. The molecule has 148 valence electrons. The summed E-state index contributed by atoms with van der Waals surface area (Å²) in [4.78, 5) is 27.6. The predicted octanol–water partition coefficient (Wildman–Crippen LogP) is 1.45. The number of halogens is 1. The molecule has 0 unspecified atom stereocenters. The van der Waals surface area contributed by atoms with Crippen molar-refractivity contribution in [1.82, 2.24) is 19.8 Å². The molecule has 0 bridgehead atoms. The van der Waals surface area contributed by atoms with Crippen molar-refractivity contribution in [1.29, 1.82) is 0 Å². The fourth-order valence-corrected chi connectivity index (χ4v) is 4.04. The van der Waals surface area contributed by atoms with Crippen LogP contribution in [-0.2, 0) is 0 Å². The van der Waals surface area contributed by atoms with Crippen molar-refractivity contribution in [2.45, 2.75) is 19.1 Å². The lowest BCUT2D eigenvalue weighted by atomic mass is 10.1. The van der Waals surface area contributed by atoms with Crippen molar-refractivity contribution < 1.29 is 9.90 Å². The molecular formula is C20H24ClN5O2. The van der Waals surface area contributed by atoms with Gasteiger partial charge in [0, 0.05) is 61.7 Å². The number of carbonyl (C=O) groups excluding carboxylic acids is 1. The number of anilines is 1. The van der Waals surface area contributed by atoms with Crippen molar-refractivity contribution >= 4 is 23.5 Å². The van der Waals surface area contributed by atoms with Crippen LogP contribution in [0.2, 0.25) is 5.02 Å². The molecule has 28 heavy (non-hydrogen) atoms. The van der Waals surface area contributed by atoms with E-state index >= 15 is 0 Å². The topological polar surface area (TPSA) is 72.8 Å². The largest absolute Gasteiger partial charge is 0.390 e. The highest BCUT2D eigenvalue weighted by Crippen LogP contribution is 2.22. The molecule has 2 atom stereocenters. The number of nitrogens with zero attached hydrogens (tertiary/aromatic N) is 5. The number of piperazine rings is 1. The molecule has 2 saturated heterocycles. The number of benzene rings is 1. The van der Waals surface area contributed by atoms with E-state index in [1.807, 2.05) is 22.8 Å². The second-order valence-electron chi connectivity index (χ2n) is 7.37. The molecule has 0 aliphatic carbocycles. The van der Waals surface area contributed by atoms with Gasteiger partial charge < -0.3 is 14.9 Å². The summed E-state index contributed by atoms with van der Waals surface area (Å²) >= 11 is 5.90. The molecule has 2 aliphatic rings. The van der Waals surface area contributed by atoms with Crippen LogP contribution in [0.1, 0.15) is 16.1 Å². The minimum absolute atomic E-state index is 0.0249. The van der Waals surface area contributed by atoms with Gasteiger partial charge in [-0.05, 0) is 37.3 Å². The highest BCUT2D eigenvalue weighted by atomic mass is 35.5. The average molecular weight is 402 g/mol. The molecule has 2 aromatic rings. The van der Waals surface area contributed by atoms with Gasteiger partial charge in [-0.2, -0.15) is 0 Å². The number of β-amino-alcohol motifs (C(OH)–C–C–N with tert-alkyl or cyclic N) is 1. The van der Waals surface area contributed by atoms with Crippen LogP contribution in [-0.4, -0.2) is 82.2 Å². The van der Waals surface area contributed by atoms with E-state index in [0.717, 1.165) is 18.8 Å². The Morgan fingerprint density at radius 1 is 1.11 bits per heavy atom. The first-order valence-corrected chi connectivity index (χ1v) is 9.90. The lowest BCUT2D eigenvalue weighted by Gasteiger charge is -2.38. The van der Waals surface area contributed by atoms with Crippen molar-refractivity contribution in [3.8, 4) is 0 Å². The summed E-state index contributed by atoms with van der Waals surface area (Å²) in [7, 11) is 0. The van der Waals surface area contributed by atoms with Gasteiger partial charge in [-0.1, -0.05) is 11.6 Å². The van der Waals surface area contributed by atoms with Crippen LogP contribution in [0.25, 0.3) is 0 Å². The number of aromatic nitrogens is 2. The van der Waals surface area contributed by atoms with Gasteiger partial charge in [0.2, 0.25) is 5.95 Å². The van der Waals surface area contributed by atoms with E-state index in [-0.39, 0.29) is 11.9 Å². The maximum Gasteiger partial charge on any atom is 0.253 e. The van der Waals surface area contributed by atoms with Gasteiger partial charge in [0.1, 0.15) is 0 Å². The van der Waals surface area contributed by atoms with E-state index in [0.29, 0.717) is 42.7 Å². The molecule has 2 aliphatic heterocycles. The Labute approximate surface area is 169 Å². The minimum Gasteiger partial charge on any atom is -0.390 e. The van der Waals surface area contributed by atoms with E-state index in [2.05, 4.69) is 14.9 Å². The molecule has 1 aromatic heterocycles. The predicted molar refractivity (Wildman–Crippen MR) is 108 cm³/mol. The second-order valence-corrected chi connectivity index (χ2v) is 7.81. The Morgan fingerprint density at radius 2 is 1.82 bits per heavy atom. The molecule has 2 fully saturated rings. The van der Waals surface area contributed by atoms with Crippen LogP contribution in [0.5, 0.6) is 0 Å². The van der Waals surface area contributed by atoms with Gasteiger partial charge in [-0.15, -0.1) is 0 Å². The normalized spacial score (nSPS) is 23.2. The fourth-order valence-electron chi connectivity index (χ4n) is 3.91. The first kappa shape index (κ1) is 19.1. The lowest BCUT2D eigenvalue weighted by molar-refractivity contribution is 0.0376. The third-order valence-electron chi connectivity index (χ3n) is 5.49. The monoisotopic (exact) mass is 401 g/mol. The molecule has 1 N–H and O–H groups in total. The third kappa shape index (κ3) is 3.97. The number of hydrogen-bond donors (Lipinski definition) is 1. The van der Waals surface area contributed by atoms with E-state index in [1.165, 1.54) is 0 Å². The van der Waals surface area contributed by atoms with Gasteiger partial charge in [-0.25, -0.2) is 9.97 Å². The van der Waals surface area contributed by atoms with Crippen LogP contribution < -0.4 is 4.90 Å². The Bertz CT molecular complexity index is 839. The van der Waals surface area contributed by atoms with Crippen molar-refractivity contribution in [3.63, 3.8) is 0 Å². The molecule has 0 spiro atoms. The fraction of sp³-hybridized carbons (Fsp3) is 0.450. The SMILES string of the molecule is Cc1ccnc(N2C[C@@H](O)[C@H](N3CCN(C(=O)c4ccc(Cl)cc4)CC3)C2)n1. The summed E-state index contributed by atoms with van der Waals surface area (Å²) in [5.74, 6) is 0.691. The molecule has 0 saturated carbocycles. The Kier molecular flexibility index (Phi) is 5.48. The number of carbonyl (C=O) groups is 1. The number of aryl methyl sites for hydroxylation is 1. The number of rotatable bonds is 3.